The van der Waals surface area contributed by atoms with Gasteiger partial charge in [0.1, 0.15) is 0 Å². The predicted octanol–water partition coefficient (Wildman–Crippen LogP) is 3.36. The number of likely N-dealkylation sites (tertiary alicyclic amines) is 1. The molecule has 0 unspecified atom stereocenters. The molecule has 2 aliphatic rings. The SMILES string of the molecule is NC(=O)Nc1cccc(C(=O)N2CCCC3(CCCCC3)C2)c1. The lowest BCUT2D eigenvalue weighted by Gasteiger charge is -2.45. The molecule has 1 saturated heterocycles. The number of rotatable bonds is 2. The van der Waals surface area contributed by atoms with Crippen molar-refractivity contribution in [3.05, 3.63) is 29.8 Å². The van der Waals surface area contributed by atoms with Crippen molar-refractivity contribution in [1.29, 1.82) is 0 Å². The van der Waals surface area contributed by atoms with Crippen molar-refractivity contribution in [2.45, 2.75) is 44.9 Å². The maximum absolute atomic E-state index is 12.8. The molecule has 0 radical (unpaired) electrons. The summed E-state index contributed by atoms with van der Waals surface area (Å²) in [5.74, 6) is 0.0581. The first-order valence-corrected chi connectivity index (χ1v) is 8.54. The Hall–Kier alpha value is -2.04. The number of benzene rings is 1. The Morgan fingerprint density at radius 3 is 2.57 bits per heavy atom. The van der Waals surface area contributed by atoms with Crippen LogP contribution >= 0.6 is 0 Å². The molecule has 1 aliphatic carbocycles. The van der Waals surface area contributed by atoms with Gasteiger partial charge in [0, 0.05) is 24.3 Å². The van der Waals surface area contributed by atoms with Gasteiger partial charge in [0.2, 0.25) is 0 Å². The number of carbonyl (C=O) groups excluding carboxylic acids is 2. The van der Waals surface area contributed by atoms with Crippen LogP contribution in [-0.4, -0.2) is 29.9 Å². The van der Waals surface area contributed by atoms with Gasteiger partial charge in [-0.25, -0.2) is 4.79 Å². The standard InChI is InChI=1S/C18H25N3O2/c19-17(23)20-15-7-4-6-14(12-15)16(22)21-11-5-10-18(13-21)8-2-1-3-9-18/h4,6-7,12H,1-3,5,8-11,13H2,(H3,19,20,23). The number of anilines is 1. The molecule has 1 heterocycles. The molecule has 1 saturated carbocycles. The van der Waals surface area contributed by atoms with Crippen molar-refractivity contribution in [2.75, 3.05) is 18.4 Å². The zero-order valence-electron chi connectivity index (χ0n) is 13.5. The van der Waals surface area contributed by atoms with Gasteiger partial charge in [0.15, 0.2) is 0 Å². The highest BCUT2D eigenvalue weighted by molar-refractivity contribution is 5.96. The number of nitrogens with one attached hydrogen (secondary N) is 1. The molecular weight excluding hydrogens is 290 g/mol. The minimum Gasteiger partial charge on any atom is -0.351 e. The van der Waals surface area contributed by atoms with Crippen LogP contribution in [0.1, 0.15) is 55.3 Å². The Kier molecular flexibility index (Phi) is 4.55. The van der Waals surface area contributed by atoms with E-state index >= 15 is 0 Å². The molecule has 3 N–H and O–H groups in total. The summed E-state index contributed by atoms with van der Waals surface area (Å²) in [6, 6.07) is 6.40. The molecule has 1 aliphatic heterocycles. The number of nitrogens with two attached hydrogens (primary N) is 1. The number of hydrogen-bond donors (Lipinski definition) is 2. The molecule has 0 aromatic heterocycles. The molecule has 1 aromatic carbocycles. The number of carbonyl (C=O) groups is 2. The van der Waals surface area contributed by atoms with E-state index in [1.54, 1.807) is 24.3 Å². The van der Waals surface area contributed by atoms with Crippen molar-refractivity contribution >= 4 is 17.6 Å². The lowest BCUT2D eigenvalue weighted by Crippen LogP contribution is -2.46. The molecule has 124 valence electrons. The first-order chi connectivity index (χ1) is 11.1. The van der Waals surface area contributed by atoms with Crippen molar-refractivity contribution in [1.82, 2.24) is 4.90 Å². The Morgan fingerprint density at radius 1 is 1.09 bits per heavy atom. The molecule has 23 heavy (non-hydrogen) atoms. The summed E-state index contributed by atoms with van der Waals surface area (Å²) in [4.78, 5) is 25.8. The predicted molar refractivity (Wildman–Crippen MR) is 90.3 cm³/mol. The van der Waals surface area contributed by atoms with Crippen molar-refractivity contribution < 1.29 is 9.59 Å². The molecule has 1 aromatic rings. The summed E-state index contributed by atoms with van der Waals surface area (Å²) in [6.07, 6.45) is 8.75. The lowest BCUT2D eigenvalue weighted by atomic mass is 9.69. The minimum atomic E-state index is -0.617. The first-order valence-electron chi connectivity index (χ1n) is 8.54. The van der Waals surface area contributed by atoms with Crippen LogP contribution in [0.2, 0.25) is 0 Å². The van der Waals surface area contributed by atoms with Crippen molar-refractivity contribution in [3.63, 3.8) is 0 Å². The average Bonchev–Trinajstić information content (AvgIpc) is 2.54. The van der Waals surface area contributed by atoms with E-state index in [2.05, 4.69) is 5.32 Å². The third-order valence-corrected chi connectivity index (χ3v) is 5.24. The maximum atomic E-state index is 12.8. The molecule has 0 atom stereocenters. The minimum absolute atomic E-state index is 0.0581. The van der Waals surface area contributed by atoms with Crippen LogP contribution in [0.25, 0.3) is 0 Å². The molecule has 3 rings (SSSR count). The topological polar surface area (TPSA) is 75.4 Å². The van der Waals surface area contributed by atoms with Crippen LogP contribution < -0.4 is 11.1 Å². The average molecular weight is 315 g/mol. The number of nitrogens with zero attached hydrogens (tertiary/aromatic N) is 1. The van der Waals surface area contributed by atoms with Gasteiger partial charge >= 0.3 is 6.03 Å². The first kappa shape index (κ1) is 15.8. The number of urea groups is 1. The Morgan fingerprint density at radius 2 is 1.83 bits per heavy atom. The van der Waals surface area contributed by atoms with E-state index in [4.69, 9.17) is 5.73 Å². The van der Waals surface area contributed by atoms with Crippen LogP contribution in [0.3, 0.4) is 0 Å². The van der Waals surface area contributed by atoms with Crippen LogP contribution in [0.15, 0.2) is 24.3 Å². The highest BCUT2D eigenvalue weighted by Crippen LogP contribution is 2.43. The third kappa shape index (κ3) is 3.66. The van der Waals surface area contributed by atoms with Crippen LogP contribution in [-0.2, 0) is 0 Å². The normalized spacial score (nSPS) is 20.3. The van der Waals surface area contributed by atoms with E-state index in [-0.39, 0.29) is 5.91 Å². The van der Waals surface area contributed by atoms with Crippen molar-refractivity contribution in [2.24, 2.45) is 11.1 Å². The largest absolute Gasteiger partial charge is 0.351 e. The lowest BCUT2D eigenvalue weighted by molar-refractivity contribution is 0.0384. The highest BCUT2D eigenvalue weighted by Gasteiger charge is 2.38. The monoisotopic (exact) mass is 315 g/mol. The van der Waals surface area contributed by atoms with Crippen LogP contribution in [0.5, 0.6) is 0 Å². The van der Waals surface area contributed by atoms with Crippen LogP contribution in [0.4, 0.5) is 10.5 Å². The van der Waals surface area contributed by atoms with Gasteiger partial charge in [-0.05, 0) is 49.3 Å². The number of piperidine rings is 1. The quantitative estimate of drug-likeness (QED) is 0.878. The van der Waals surface area contributed by atoms with E-state index in [0.29, 0.717) is 16.7 Å². The zero-order valence-corrected chi connectivity index (χ0v) is 13.5. The van der Waals surface area contributed by atoms with E-state index in [1.165, 1.54) is 38.5 Å². The molecule has 5 heteroatoms. The van der Waals surface area contributed by atoms with Gasteiger partial charge in [-0.1, -0.05) is 25.3 Å². The third-order valence-electron chi connectivity index (χ3n) is 5.24. The van der Waals surface area contributed by atoms with Gasteiger partial charge in [0.25, 0.3) is 5.91 Å². The summed E-state index contributed by atoms with van der Waals surface area (Å²) in [7, 11) is 0. The summed E-state index contributed by atoms with van der Waals surface area (Å²) in [5, 5.41) is 2.53. The van der Waals surface area contributed by atoms with Gasteiger partial charge < -0.3 is 16.0 Å². The Bertz CT molecular complexity index is 588. The summed E-state index contributed by atoms with van der Waals surface area (Å²) < 4.78 is 0. The number of amides is 3. The van der Waals surface area contributed by atoms with Gasteiger partial charge in [-0.2, -0.15) is 0 Å². The smallest absolute Gasteiger partial charge is 0.316 e. The van der Waals surface area contributed by atoms with E-state index in [0.717, 1.165) is 19.5 Å². The summed E-state index contributed by atoms with van der Waals surface area (Å²) in [6.45, 7) is 1.70. The maximum Gasteiger partial charge on any atom is 0.316 e. The van der Waals surface area contributed by atoms with E-state index < -0.39 is 6.03 Å². The van der Waals surface area contributed by atoms with Gasteiger partial charge in [-0.15, -0.1) is 0 Å². The Labute approximate surface area is 137 Å². The van der Waals surface area contributed by atoms with Crippen LogP contribution in [0, 0.1) is 5.41 Å². The second kappa shape index (κ2) is 6.60. The fourth-order valence-electron chi connectivity index (χ4n) is 4.15. The molecular formula is C18H25N3O2. The van der Waals surface area contributed by atoms with Crippen molar-refractivity contribution in [3.8, 4) is 0 Å². The van der Waals surface area contributed by atoms with Gasteiger partial charge in [0.05, 0.1) is 0 Å². The molecule has 2 fully saturated rings. The number of hydrogen-bond acceptors (Lipinski definition) is 2. The van der Waals surface area contributed by atoms with E-state index in [1.807, 2.05) is 4.90 Å². The Balaban J connectivity index is 1.73. The molecule has 1 spiro atoms. The fraction of sp³-hybridized carbons (Fsp3) is 0.556. The molecule has 0 bridgehead atoms. The van der Waals surface area contributed by atoms with Gasteiger partial charge in [-0.3, -0.25) is 4.79 Å². The van der Waals surface area contributed by atoms with E-state index in [9.17, 15) is 9.59 Å². The highest BCUT2D eigenvalue weighted by atomic mass is 16.2. The zero-order chi connectivity index (χ0) is 16.3. The summed E-state index contributed by atoms with van der Waals surface area (Å²) >= 11 is 0. The molecule has 3 amide bonds. The fourth-order valence-corrected chi connectivity index (χ4v) is 4.15. The second-order valence-electron chi connectivity index (χ2n) is 6.96. The number of primary amides is 1. The second-order valence-corrected chi connectivity index (χ2v) is 6.96. The molecule has 5 nitrogen and oxygen atoms in total. The summed E-state index contributed by atoms with van der Waals surface area (Å²) in [5.41, 5.74) is 6.66.